The molecule has 3 nitrogen and oxygen atoms in total. The number of piperidine rings is 1. The summed E-state index contributed by atoms with van der Waals surface area (Å²) in [7, 11) is 3.90. The Morgan fingerprint density at radius 3 is 2.81 bits per heavy atom. The zero-order chi connectivity index (χ0) is 14.7. The summed E-state index contributed by atoms with van der Waals surface area (Å²) < 4.78 is 5.45. The molecule has 2 aromatic rings. The molecule has 2 heterocycles. The Morgan fingerprint density at radius 1 is 1.14 bits per heavy atom. The van der Waals surface area contributed by atoms with E-state index in [1.165, 1.54) is 25.1 Å². The highest BCUT2D eigenvalue weighted by Crippen LogP contribution is 2.31. The lowest BCUT2D eigenvalue weighted by Crippen LogP contribution is -2.31. The predicted octanol–water partition coefficient (Wildman–Crippen LogP) is 3.57. The van der Waals surface area contributed by atoms with Gasteiger partial charge in [-0.3, -0.25) is 4.98 Å². The minimum absolute atomic E-state index is 0.540. The maximum Gasteiger partial charge on any atom is 0.128 e. The van der Waals surface area contributed by atoms with Crippen LogP contribution in [0.3, 0.4) is 0 Å². The van der Waals surface area contributed by atoms with Crippen molar-refractivity contribution in [3.63, 3.8) is 0 Å². The number of hydrogen-bond acceptors (Lipinski definition) is 3. The monoisotopic (exact) mass is 282 g/mol. The van der Waals surface area contributed by atoms with Crippen LogP contribution in [0.1, 0.15) is 24.5 Å². The molecule has 0 saturated carbocycles. The van der Waals surface area contributed by atoms with Crippen LogP contribution in [-0.4, -0.2) is 37.1 Å². The SMILES string of the molecule is COc1ccccc1-c1cccc([C@H]2CCCN(C)C2)n1. The summed E-state index contributed by atoms with van der Waals surface area (Å²) in [6, 6.07) is 14.4. The lowest BCUT2D eigenvalue weighted by Gasteiger charge is -2.29. The van der Waals surface area contributed by atoms with E-state index in [0.717, 1.165) is 23.6 Å². The Morgan fingerprint density at radius 2 is 2.00 bits per heavy atom. The van der Waals surface area contributed by atoms with Gasteiger partial charge < -0.3 is 9.64 Å². The molecule has 0 bridgehead atoms. The van der Waals surface area contributed by atoms with Gasteiger partial charge in [0, 0.05) is 23.7 Å². The summed E-state index contributed by atoms with van der Waals surface area (Å²) in [5.74, 6) is 1.42. The molecule has 0 unspecified atom stereocenters. The Labute approximate surface area is 126 Å². The van der Waals surface area contributed by atoms with Crippen molar-refractivity contribution in [1.29, 1.82) is 0 Å². The summed E-state index contributed by atoms with van der Waals surface area (Å²) in [6.45, 7) is 2.30. The number of hydrogen-bond donors (Lipinski definition) is 0. The highest BCUT2D eigenvalue weighted by molar-refractivity contribution is 5.67. The molecule has 0 N–H and O–H groups in total. The molecule has 110 valence electrons. The van der Waals surface area contributed by atoms with Gasteiger partial charge in [0.05, 0.1) is 12.8 Å². The van der Waals surface area contributed by atoms with E-state index in [9.17, 15) is 0 Å². The number of para-hydroxylation sites is 1. The van der Waals surface area contributed by atoms with Crippen molar-refractivity contribution in [2.75, 3.05) is 27.2 Å². The topological polar surface area (TPSA) is 25.4 Å². The number of ether oxygens (including phenoxy) is 1. The normalized spacial score (nSPS) is 19.4. The molecule has 1 aliphatic rings. The van der Waals surface area contributed by atoms with Gasteiger partial charge >= 0.3 is 0 Å². The Balaban J connectivity index is 1.92. The predicted molar refractivity (Wildman–Crippen MR) is 85.7 cm³/mol. The number of benzene rings is 1. The van der Waals surface area contributed by atoms with Crippen molar-refractivity contribution in [3.8, 4) is 17.0 Å². The van der Waals surface area contributed by atoms with E-state index < -0.39 is 0 Å². The van der Waals surface area contributed by atoms with Gasteiger partial charge in [-0.05, 0) is 50.7 Å². The van der Waals surface area contributed by atoms with E-state index >= 15 is 0 Å². The van der Waals surface area contributed by atoms with Crippen molar-refractivity contribution < 1.29 is 4.74 Å². The standard InChI is InChI=1S/C18H22N2O/c1-20-12-6-7-14(13-20)16-9-5-10-17(19-16)15-8-3-4-11-18(15)21-2/h3-5,8-11,14H,6-7,12-13H2,1-2H3/t14-/m0/s1. The lowest BCUT2D eigenvalue weighted by molar-refractivity contribution is 0.248. The minimum atomic E-state index is 0.540. The molecule has 1 aromatic heterocycles. The average molecular weight is 282 g/mol. The van der Waals surface area contributed by atoms with E-state index in [1.54, 1.807) is 7.11 Å². The van der Waals surface area contributed by atoms with E-state index in [0.29, 0.717) is 5.92 Å². The molecule has 1 saturated heterocycles. The van der Waals surface area contributed by atoms with Crippen LogP contribution in [0.5, 0.6) is 5.75 Å². The maximum atomic E-state index is 5.45. The number of likely N-dealkylation sites (N-methyl/N-ethyl adjacent to an activating group) is 1. The van der Waals surface area contributed by atoms with E-state index in [2.05, 4.69) is 36.2 Å². The third-order valence-electron chi connectivity index (χ3n) is 4.20. The van der Waals surface area contributed by atoms with Gasteiger partial charge in [-0.1, -0.05) is 18.2 Å². The minimum Gasteiger partial charge on any atom is -0.496 e. The number of rotatable bonds is 3. The Hall–Kier alpha value is -1.87. The first-order valence-corrected chi connectivity index (χ1v) is 7.57. The van der Waals surface area contributed by atoms with Crippen LogP contribution in [-0.2, 0) is 0 Å². The third-order valence-corrected chi connectivity index (χ3v) is 4.20. The fourth-order valence-electron chi connectivity index (χ4n) is 3.09. The van der Waals surface area contributed by atoms with Crippen molar-refractivity contribution in [2.24, 2.45) is 0 Å². The lowest BCUT2D eigenvalue weighted by atomic mass is 9.94. The smallest absolute Gasteiger partial charge is 0.128 e. The van der Waals surface area contributed by atoms with Gasteiger partial charge in [0.15, 0.2) is 0 Å². The number of methoxy groups -OCH3 is 1. The number of nitrogens with zero attached hydrogens (tertiary/aromatic N) is 2. The molecule has 0 amide bonds. The fraction of sp³-hybridized carbons (Fsp3) is 0.389. The van der Waals surface area contributed by atoms with Gasteiger partial charge in [-0.15, -0.1) is 0 Å². The molecular formula is C18H22N2O. The third kappa shape index (κ3) is 3.08. The second-order valence-electron chi connectivity index (χ2n) is 5.75. The van der Waals surface area contributed by atoms with Crippen molar-refractivity contribution >= 4 is 0 Å². The summed E-state index contributed by atoms with van der Waals surface area (Å²) in [5.41, 5.74) is 3.26. The van der Waals surface area contributed by atoms with Crippen LogP contribution in [0.25, 0.3) is 11.3 Å². The molecule has 3 heteroatoms. The largest absolute Gasteiger partial charge is 0.496 e. The van der Waals surface area contributed by atoms with Crippen molar-refractivity contribution in [2.45, 2.75) is 18.8 Å². The van der Waals surface area contributed by atoms with Gasteiger partial charge in [0.2, 0.25) is 0 Å². The van der Waals surface area contributed by atoms with E-state index in [1.807, 2.05) is 18.2 Å². The Kier molecular flexibility index (Phi) is 4.20. The Bertz CT molecular complexity index is 612. The maximum absolute atomic E-state index is 5.45. The second kappa shape index (κ2) is 6.27. The van der Waals surface area contributed by atoms with Crippen LogP contribution in [0.15, 0.2) is 42.5 Å². The van der Waals surface area contributed by atoms with Crippen LogP contribution < -0.4 is 4.74 Å². The first kappa shape index (κ1) is 14.1. The van der Waals surface area contributed by atoms with Crippen LogP contribution in [0, 0.1) is 0 Å². The molecule has 1 aliphatic heterocycles. The molecule has 1 fully saturated rings. The molecular weight excluding hydrogens is 260 g/mol. The summed E-state index contributed by atoms with van der Waals surface area (Å²) >= 11 is 0. The fourth-order valence-corrected chi connectivity index (χ4v) is 3.09. The number of pyridine rings is 1. The first-order chi connectivity index (χ1) is 10.3. The van der Waals surface area contributed by atoms with Crippen molar-refractivity contribution in [1.82, 2.24) is 9.88 Å². The second-order valence-corrected chi connectivity index (χ2v) is 5.75. The summed E-state index contributed by atoms with van der Waals surface area (Å²) in [6.07, 6.45) is 2.48. The summed E-state index contributed by atoms with van der Waals surface area (Å²) in [5, 5.41) is 0. The van der Waals surface area contributed by atoms with E-state index in [-0.39, 0.29) is 0 Å². The van der Waals surface area contributed by atoms with Gasteiger partial charge in [0.1, 0.15) is 5.75 Å². The first-order valence-electron chi connectivity index (χ1n) is 7.57. The highest BCUT2D eigenvalue weighted by atomic mass is 16.5. The molecule has 0 spiro atoms. The van der Waals surface area contributed by atoms with Crippen LogP contribution >= 0.6 is 0 Å². The van der Waals surface area contributed by atoms with E-state index in [4.69, 9.17) is 9.72 Å². The van der Waals surface area contributed by atoms with Crippen LogP contribution in [0.4, 0.5) is 0 Å². The molecule has 1 aromatic carbocycles. The molecule has 3 rings (SSSR count). The zero-order valence-electron chi connectivity index (χ0n) is 12.7. The van der Waals surface area contributed by atoms with Gasteiger partial charge in [-0.2, -0.15) is 0 Å². The molecule has 0 radical (unpaired) electrons. The number of aromatic nitrogens is 1. The van der Waals surface area contributed by atoms with Gasteiger partial charge in [-0.25, -0.2) is 0 Å². The molecule has 1 atom stereocenters. The quantitative estimate of drug-likeness (QED) is 0.860. The summed E-state index contributed by atoms with van der Waals surface area (Å²) in [4.78, 5) is 7.30. The van der Waals surface area contributed by atoms with Crippen LogP contribution in [0.2, 0.25) is 0 Å². The average Bonchev–Trinajstić information content (AvgIpc) is 2.55. The van der Waals surface area contributed by atoms with Crippen molar-refractivity contribution in [3.05, 3.63) is 48.2 Å². The number of likely N-dealkylation sites (tertiary alicyclic amines) is 1. The molecule has 0 aliphatic carbocycles. The molecule has 21 heavy (non-hydrogen) atoms. The highest BCUT2D eigenvalue weighted by Gasteiger charge is 2.20. The van der Waals surface area contributed by atoms with Gasteiger partial charge in [0.25, 0.3) is 0 Å². The zero-order valence-corrected chi connectivity index (χ0v) is 12.7.